The molecule has 1 aromatic heterocycles. The Hall–Kier alpha value is -4.44. The number of ether oxygens (including phenoxy) is 1. The Bertz CT molecular complexity index is 1390. The molecule has 4 nitrogen and oxygen atoms in total. The lowest BCUT2D eigenvalue weighted by atomic mass is 9.95. The molecule has 4 heteroatoms. The van der Waals surface area contributed by atoms with Crippen LogP contribution in [0.3, 0.4) is 0 Å². The third-order valence-electron chi connectivity index (χ3n) is 5.45. The predicted octanol–water partition coefficient (Wildman–Crippen LogP) is 6.73. The van der Waals surface area contributed by atoms with Crippen LogP contribution in [0.5, 0.6) is 5.75 Å². The summed E-state index contributed by atoms with van der Waals surface area (Å²) in [7, 11) is 0. The number of fused-ring (bicyclic) bond motifs is 1. The van der Waals surface area contributed by atoms with Gasteiger partial charge in [-0.2, -0.15) is 0 Å². The summed E-state index contributed by atoms with van der Waals surface area (Å²) in [6, 6.07) is 35.4. The average Bonchev–Trinajstić information content (AvgIpc) is 2.89. The first kappa shape index (κ1) is 20.5. The lowest BCUT2D eigenvalue weighted by Gasteiger charge is -2.18. The number of nitrogens with zero attached hydrogens (tertiary/aromatic N) is 1. The van der Waals surface area contributed by atoms with Crippen LogP contribution < -0.4 is 10.1 Å². The molecule has 0 saturated heterocycles. The van der Waals surface area contributed by atoms with Crippen molar-refractivity contribution in [1.29, 1.82) is 0 Å². The van der Waals surface area contributed by atoms with Gasteiger partial charge >= 0.3 is 0 Å². The SMILES string of the molecule is O=C(Nc1cc(OCc2ccccc2)c2ccccc2c1-c1ccccc1)c1ccccn1. The lowest BCUT2D eigenvalue weighted by Crippen LogP contribution is -2.14. The number of nitrogens with one attached hydrogen (secondary N) is 1. The summed E-state index contributed by atoms with van der Waals surface area (Å²) in [5.74, 6) is 0.447. The van der Waals surface area contributed by atoms with Crippen LogP contribution in [-0.4, -0.2) is 10.9 Å². The van der Waals surface area contributed by atoms with Gasteiger partial charge in [0.25, 0.3) is 5.91 Å². The van der Waals surface area contributed by atoms with E-state index in [-0.39, 0.29) is 5.91 Å². The molecule has 0 aliphatic carbocycles. The van der Waals surface area contributed by atoms with Gasteiger partial charge in [-0.05, 0) is 28.6 Å². The zero-order chi connectivity index (χ0) is 22.5. The van der Waals surface area contributed by atoms with Crippen molar-refractivity contribution in [2.24, 2.45) is 0 Å². The summed E-state index contributed by atoms with van der Waals surface area (Å²) in [6.07, 6.45) is 1.61. The number of pyridine rings is 1. The molecule has 5 aromatic rings. The van der Waals surface area contributed by atoms with Gasteiger partial charge in [-0.1, -0.05) is 91.0 Å². The molecule has 0 radical (unpaired) electrons. The van der Waals surface area contributed by atoms with Gasteiger partial charge in [0.1, 0.15) is 18.1 Å². The fourth-order valence-electron chi connectivity index (χ4n) is 3.89. The molecule has 4 aromatic carbocycles. The molecular weight excluding hydrogens is 408 g/mol. The second-order valence-corrected chi connectivity index (χ2v) is 7.65. The number of aromatic nitrogens is 1. The smallest absolute Gasteiger partial charge is 0.274 e. The highest BCUT2D eigenvalue weighted by molar-refractivity contribution is 6.11. The van der Waals surface area contributed by atoms with Crippen LogP contribution in [0.15, 0.2) is 115 Å². The zero-order valence-electron chi connectivity index (χ0n) is 17.9. The molecular formula is C29H22N2O2. The van der Waals surface area contributed by atoms with E-state index in [1.54, 1.807) is 24.4 Å². The quantitative estimate of drug-likeness (QED) is 0.325. The van der Waals surface area contributed by atoms with Crippen LogP contribution in [0.1, 0.15) is 16.1 Å². The molecule has 0 atom stereocenters. The molecule has 33 heavy (non-hydrogen) atoms. The monoisotopic (exact) mass is 430 g/mol. The van der Waals surface area contributed by atoms with Gasteiger partial charge in [-0.25, -0.2) is 0 Å². The average molecular weight is 431 g/mol. The second-order valence-electron chi connectivity index (χ2n) is 7.65. The number of hydrogen-bond acceptors (Lipinski definition) is 3. The van der Waals surface area contributed by atoms with Crippen LogP contribution in [0.25, 0.3) is 21.9 Å². The third kappa shape index (κ3) is 4.46. The highest BCUT2D eigenvalue weighted by Crippen LogP contribution is 2.41. The Balaban J connectivity index is 1.63. The van der Waals surface area contributed by atoms with E-state index in [1.807, 2.05) is 84.9 Å². The van der Waals surface area contributed by atoms with Crippen molar-refractivity contribution < 1.29 is 9.53 Å². The fraction of sp³-hybridized carbons (Fsp3) is 0.0345. The maximum atomic E-state index is 13.0. The summed E-state index contributed by atoms with van der Waals surface area (Å²) in [4.78, 5) is 17.2. The van der Waals surface area contributed by atoms with Gasteiger partial charge in [-0.3, -0.25) is 9.78 Å². The second kappa shape index (κ2) is 9.37. The fourth-order valence-corrected chi connectivity index (χ4v) is 3.89. The van der Waals surface area contributed by atoms with Crippen molar-refractivity contribution >= 4 is 22.4 Å². The van der Waals surface area contributed by atoms with Gasteiger partial charge < -0.3 is 10.1 Å². The molecule has 1 amide bonds. The summed E-state index contributed by atoms with van der Waals surface area (Å²) in [6.45, 7) is 0.434. The summed E-state index contributed by atoms with van der Waals surface area (Å²) < 4.78 is 6.26. The first-order valence-corrected chi connectivity index (χ1v) is 10.8. The Kier molecular flexibility index (Phi) is 5.81. The largest absolute Gasteiger partial charge is 0.488 e. The van der Waals surface area contributed by atoms with E-state index in [2.05, 4.69) is 16.4 Å². The van der Waals surface area contributed by atoms with Crippen molar-refractivity contribution in [3.8, 4) is 16.9 Å². The van der Waals surface area contributed by atoms with E-state index in [4.69, 9.17) is 4.74 Å². The number of amides is 1. The van der Waals surface area contributed by atoms with Gasteiger partial charge in [0.05, 0.1) is 5.69 Å². The van der Waals surface area contributed by atoms with Crippen molar-refractivity contribution in [2.75, 3.05) is 5.32 Å². The Morgan fingerprint density at radius 1 is 0.758 bits per heavy atom. The maximum Gasteiger partial charge on any atom is 0.274 e. The number of carbonyl (C=O) groups is 1. The number of hydrogen-bond donors (Lipinski definition) is 1. The minimum absolute atomic E-state index is 0.267. The van der Waals surface area contributed by atoms with E-state index in [0.717, 1.165) is 27.5 Å². The summed E-state index contributed by atoms with van der Waals surface area (Å²) in [5.41, 5.74) is 4.07. The first-order valence-electron chi connectivity index (χ1n) is 10.8. The summed E-state index contributed by atoms with van der Waals surface area (Å²) in [5, 5.41) is 5.07. The maximum absolute atomic E-state index is 13.0. The van der Waals surface area contributed by atoms with Crippen LogP contribution >= 0.6 is 0 Å². The molecule has 0 bridgehead atoms. The minimum atomic E-state index is -0.267. The van der Waals surface area contributed by atoms with Crippen molar-refractivity contribution in [1.82, 2.24) is 4.98 Å². The van der Waals surface area contributed by atoms with E-state index in [1.165, 1.54) is 0 Å². The van der Waals surface area contributed by atoms with Gasteiger partial charge in [-0.15, -0.1) is 0 Å². The van der Waals surface area contributed by atoms with Crippen LogP contribution in [0.4, 0.5) is 5.69 Å². The molecule has 5 rings (SSSR count). The number of anilines is 1. The molecule has 0 saturated carbocycles. The Morgan fingerprint density at radius 3 is 2.15 bits per heavy atom. The molecule has 160 valence electrons. The number of carbonyl (C=O) groups excluding carboxylic acids is 1. The van der Waals surface area contributed by atoms with E-state index < -0.39 is 0 Å². The van der Waals surface area contributed by atoms with E-state index >= 15 is 0 Å². The van der Waals surface area contributed by atoms with Gasteiger partial charge in [0.15, 0.2) is 0 Å². The molecule has 1 N–H and O–H groups in total. The molecule has 0 fully saturated rings. The van der Waals surface area contributed by atoms with E-state index in [0.29, 0.717) is 23.7 Å². The van der Waals surface area contributed by atoms with Crippen LogP contribution in [-0.2, 0) is 6.61 Å². The first-order chi connectivity index (χ1) is 16.3. The standard InChI is InChI=1S/C29H22N2O2/c32-29(25-17-9-10-18-30-25)31-26-19-27(33-20-21-11-3-1-4-12-21)23-15-7-8-16-24(23)28(26)22-13-5-2-6-14-22/h1-19H,20H2,(H,31,32). The molecule has 1 heterocycles. The molecule has 0 aliphatic rings. The van der Waals surface area contributed by atoms with Crippen molar-refractivity contribution in [3.05, 3.63) is 127 Å². The zero-order valence-corrected chi connectivity index (χ0v) is 17.9. The van der Waals surface area contributed by atoms with E-state index in [9.17, 15) is 4.79 Å². The Labute approximate surface area is 192 Å². The lowest BCUT2D eigenvalue weighted by molar-refractivity contribution is 0.102. The normalized spacial score (nSPS) is 10.7. The van der Waals surface area contributed by atoms with Crippen molar-refractivity contribution in [3.63, 3.8) is 0 Å². The molecule has 0 aliphatic heterocycles. The predicted molar refractivity (Wildman–Crippen MR) is 132 cm³/mol. The third-order valence-corrected chi connectivity index (χ3v) is 5.45. The molecule has 0 unspecified atom stereocenters. The van der Waals surface area contributed by atoms with Crippen LogP contribution in [0, 0.1) is 0 Å². The van der Waals surface area contributed by atoms with Gasteiger partial charge in [0.2, 0.25) is 0 Å². The summed E-state index contributed by atoms with van der Waals surface area (Å²) >= 11 is 0. The van der Waals surface area contributed by atoms with Crippen molar-refractivity contribution in [2.45, 2.75) is 6.61 Å². The van der Waals surface area contributed by atoms with Gasteiger partial charge in [0, 0.05) is 23.2 Å². The highest BCUT2D eigenvalue weighted by atomic mass is 16.5. The highest BCUT2D eigenvalue weighted by Gasteiger charge is 2.17. The number of rotatable bonds is 6. The van der Waals surface area contributed by atoms with Crippen LogP contribution in [0.2, 0.25) is 0 Å². The number of benzene rings is 4. The Morgan fingerprint density at radius 2 is 1.42 bits per heavy atom. The molecule has 0 spiro atoms. The minimum Gasteiger partial charge on any atom is -0.488 e. The topological polar surface area (TPSA) is 51.2 Å².